The molecule has 0 aliphatic carbocycles. The molecule has 0 unspecified atom stereocenters. The number of aromatic nitrogens is 1. The average molecular weight is 307 g/mol. The Morgan fingerprint density at radius 3 is 2.23 bits per heavy atom. The van der Waals surface area contributed by atoms with Gasteiger partial charge in [-0.3, -0.25) is 10.1 Å². The lowest BCUT2D eigenvalue weighted by molar-refractivity contribution is -0.124. The highest BCUT2D eigenvalue weighted by molar-refractivity contribution is 5.94. The van der Waals surface area contributed by atoms with Gasteiger partial charge in [-0.1, -0.05) is 20.8 Å². The van der Waals surface area contributed by atoms with Crippen LogP contribution in [0, 0.1) is 5.41 Å². The van der Waals surface area contributed by atoms with Crippen molar-refractivity contribution in [2.24, 2.45) is 5.41 Å². The molecule has 6 nitrogen and oxygen atoms in total. The van der Waals surface area contributed by atoms with Crippen LogP contribution < -0.4 is 10.6 Å². The van der Waals surface area contributed by atoms with Gasteiger partial charge in [-0.2, -0.15) is 0 Å². The Bertz CT molecular complexity index is 531. The van der Waals surface area contributed by atoms with E-state index in [4.69, 9.17) is 4.74 Å². The van der Waals surface area contributed by atoms with Crippen LogP contribution in [0.25, 0.3) is 0 Å². The van der Waals surface area contributed by atoms with Gasteiger partial charge in [0.2, 0.25) is 5.91 Å². The summed E-state index contributed by atoms with van der Waals surface area (Å²) in [4.78, 5) is 27.8. The molecule has 1 heterocycles. The van der Waals surface area contributed by atoms with E-state index in [2.05, 4.69) is 15.6 Å². The van der Waals surface area contributed by atoms with Gasteiger partial charge >= 0.3 is 6.09 Å². The fraction of sp³-hybridized carbons (Fsp3) is 0.562. The second-order valence-electron chi connectivity index (χ2n) is 6.75. The van der Waals surface area contributed by atoms with Crippen LogP contribution in [0.2, 0.25) is 0 Å². The zero-order valence-electron chi connectivity index (χ0n) is 14.1. The van der Waals surface area contributed by atoms with Crippen molar-refractivity contribution in [3.05, 3.63) is 18.3 Å². The van der Waals surface area contributed by atoms with E-state index in [9.17, 15) is 9.59 Å². The third-order valence-corrected chi connectivity index (χ3v) is 3.15. The van der Waals surface area contributed by atoms with E-state index in [1.807, 2.05) is 20.8 Å². The van der Waals surface area contributed by atoms with E-state index in [1.165, 1.54) is 6.20 Å². The summed E-state index contributed by atoms with van der Waals surface area (Å²) >= 11 is 0. The molecule has 6 heteroatoms. The Kier molecular flexibility index (Phi) is 5.52. The minimum absolute atomic E-state index is 0.0651. The van der Waals surface area contributed by atoms with Gasteiger partial charge in [0, 0.05) is 5.41 Å². The van der Waals surface area contributed by atoms with Crippen LogP contribution in [0.3, 0.4) is 0 Å². The van der Waals surface area contributed by atoms with Crippen LogP contribution in [0.4, 0.5) is 16.3 Å². The molecule has 122 valence electrons. The lowest BCUT2D eigenvalue weighted by Gasteiger charge is -2.21. The number of carbonyl (C=O) groups excluding carboxylic acids is 2. The van der Waals surface area contributed by atoms with Gasteiger partial charge in [0.25, 0.3) is 0 Å². The molecule has 0 fully saturated rings. The van der Waals surface area contributed by atoms with Crippen LogP contribution in [0.5, 0.6) is 0 Å². The molecule has 1 rings (SSSR count). The average Bonchev–Trinajstić information content (AvgIpc) is 2.38. The first kappa shape index (κ1) is 17.9. The van der Waals surface area contributed by atoms with Crippen LogP contribution in [-0.2, 0) is 9.53 Å². The topological polar surface area (TPSA) is 80.3 Å². The summed E-state index contributed by atoms with van der Waals surface area (Å²) in [7, 11) is 0. The first-order valence-electron chi connectivity index (χ1n) is 7.31. The third kappa shape index (κ3) is 5.71. The Balaban J connectivity index is 2.64. The SMILES string of the molecule is CCC(C)(C)C(=O)Nc1ccc(NC(=O)OC(C)(C)C)nc1. The van der Waals surface area contributed by atoms with Crippen molar-refractivity contribution in [2.45, 2.75) is 53.6 Å². The summed E-state index contributed by atoms with van der Waals surface area (Å²) < 4.78 is 5.14. The summed E-state index contributed by atoms with van der Waals surface area (Å²) in [5.74, 6) is 0.298. The molecule has 0 spiro atoms. The monoisotopic (exact) mass is 307 g/mol. The van der Waals surface area contributed by atoms with E-state index in [0.29, 0.717) is 11.5 Å². The third-order valence-electron chi connectivity index (χ3n) is 3.15. The maximum absolute atomic E-state index is 12.1. The van der Waals surface area contributed by atoms with Gasteiger partial charge in [-0.15, -0.1) is 0 Å². The lowest BCUT2D eigenvalue weighted by Crippen LogP contribution is -2.30. The quantitative estimate of drug-likeness (QED) is 0.886. The minimum atomic E-state index is -0.566. The molecule has 0 aliphatic rings. The highest BCUT2D eigenvalue weighted by atomic mass is 16.6. The van der Waals surface area contributed by atoms with E-state index < -0.39 is 17.1 Å². The normalized spacial score (nSPS) is 11.7. The maximum atomic E-state index is 12.1. The van der Waals surface area contributed by atoms with Gasteiger partial charge in [0.05, 0.1) is 11.9 Å². The van der Waals surface area contributed by atoms with Crippen LogP contribution in [-0.4, -0.2) is 22.6 Å². The van der Waals surface area contributed by atoms with E-state index >= 15 is 0 Å². The Labute approximate surface area is 131 Å². The van der Waals surface area contributed by atoms with Crippen molar-refractivity contribution in [3.63, 3.8) is 0 Å². The molecule has 22 heavy (non-hydrogen) atoms. The Morgan fingerprint density at radius 1 is 1.14 bits per heavy atom. The number of rotatable bonds is 4. The first-order valence-corrected chi connectivity index (χ1v) is 7.31. The summed E-state index contributed by atoms with van der Waals surface area (Å²) in [6.07, 6.45) is 1.67. The molecule has 0 atom stereocenters. The maximum Gasteiger partial charge on any atom is 0.413 e. The highest BCUT2D eigenvalue weighted by Crippen LogP contribution is 2.22. The Hall–Kier alpha value is -2.11. The standard InChI is InChI=1S/C16H25N3O3/c1-7-16(5,6)13(20)18-11-8-9-12(17-10-11)19-14(21)22-15(2,3)4/h8-10H,7H2,1-6H3,(H,18,20)(H,17,19,21). The van der Waals surface area contributed by atoms with E-state index in [0.717, 1.165) is 6.42 Å². The van der Waals surface area contributed by atoms with Crippen LogP contribution in [0.15, 0.2) is 18.3 Å². The number of nitrogens with one attached hydrogen (secondary N) is 2. The summed E-state index contributed by atoms with van der Waals surface area (Å²) in [5, 5.41) is 5.34. The predicted molar refractivity (Wildman–Crippen MR) is 86.8 cm³/mol. The second kappa shape index (κ2) is 6.77. The minimum Gasteiger partial charge on any atom is -0.444 e. The van der Waals surface area contributed by atoms with Gasteiger partial charge in [-0.05, 0) is 39.3 Å². The van der Waals surface area contributed by atoms with Gasteiger partial charge in [-0.25, -0.2) is 9.78 Å². The molecule has 1 aromatic rings. The number of hydrogen-bond donors (Lipinski definition) is 2. The molecular weight excluding hydrogens is 282 g/mol. The van der Waals surface area contributed by atoms with Crippen LogP contribution in [0.1, 0.15) is 48.0 Å². The van der Waals surface area contributed by atoms with Crippen molar-refractivity contribution in [2.75, 3.05) is 10.6 Å². The predicted octanol–water partition coefficient (Wildman–Crippen LogP) is 3.80. The molecule has 2 N–H and O–H groups in total. The molecule has 0 aromatic carbocycles. The van der Waals surface area contributed by atoms with Crippen LogP contribution >= 0.6 is 0 Å². The van der Waals surface area contributed by atoms with Crippen molar-refractivity contribution in [3.8, 4) is 0 Å². The zero-order valence-corrected chi connectivity index (χ0v) is 14.1. The Morgan fingerprint density at radius 2 is 1.77 bits per heavy atom. The number of ether oxygens (including phenoxy) is 1. The first-order chi connectivity index (χ1) is 10.0. The number of pyridine rings is 1. The molecule has 0 saturated carbocycles. The number of carbonyl (C=O) groups is 2. The fourth-order valence-electron chi connectivity index (χ4n) is 1.41. The van der Waals surface area contributed by atoms with Gasteiger partial charge < -0.3 is 10.1 Å². The van der Waals surface area contributed by atoms with Crippen molar-refractivity contribution >= 4 is 23.5 Å². The fourth-order valence-corrected chi connectivity index (χ4v) is 1.41. The molecule has 1 aromatic heterocycles. The number of anilines is 2. The zero-order chi connectivity index (χ0) is 17.0. The number of amides is 2. The summed E-state index contributed by atoms with van der Waals surface area (Å²) in [6.45, 7) is 11.1. The van der Waals surface area contributed by atoms with E-state index in [1.54, 1.807) is 32.9 Å². The van der Waals surface area contributed by atoms with Crippen molar-refractivity contribution in [1.82, 2.24) is 4.98 Å². The van der Waals surface area contributed by atoms with Gasteiger partial charge in [0.1, 0.15) is 11.4 Å². The second-order valence-corrected chi connectivity index (χ2v) is 6.75. The number of nitrogens with zero attached hydrogens (tertiary/aromatic N) is 1. The lowest BCUT2D eigenvalue weighted by atomic mass is 9.89. The van der Waals surface area contributed by atoms with Crippen molar-refractivity contribution < 1.29 is 14.3 Å². The molecule has 0 saturated heterocycles. The smallest absolute Gasteiger partial charge is 0.413 e. The van der Waals surface area contributed by atoms with Crippen molar-refractivity contribution in [1.29, 1.82) is 0 Å². The highest BCUT2D eigenvalue weighted by Gasteiger charge is 2.25. The largest absolute Gasteiger partial charge is 0.444 e. The molecule has 0 bridgehead atoms. The van der Waals surface area contributed by atoms with E-state index in [-0.39, 0.29) is 5.91 Å². The summed E-state index contributed by atoms with van der Waals surface area (Å²) in [5.41, 5.74) is -0.418. The molecule has 2 amide bonds. The molecular formula is C16H25N3O3. The molecule has 0 aliphatic heterocycles. The van der Waals surface area contributed by atoms with Gasteiger partial charge in [0.15, 0.2) is 0 Å². The summed E-state index contributed by atoms with van der Waals surface area (Å²) in [6, 6.07) is 3.29. The number of hydrogen-bond acceptors (Lipinski definition) is 4. The molecule has 0 radical (unpaired) electrons.